The van der Waals surface area contributed by atoms with E-state index in [1.165, 1.54) is 6.20 Å². The first kappa shape index (κ1) is 18.5. The van der Waals surface area contributed by atoms with Crippen molar-refractivity contribution in [2.75, 3.05) is 25.1 Å². The molecule has 1 amide bonds. The summed E-state index contributed by atoms with van der Waals surface area (Å²) < 4.78 is 5.33. The van der Waals surface area contributed by atoms with Crippen molar-refractivity contribution in [3.8, 4) is 11.8 Å². The lowest BCUT2D eigenvalue weighted by Crippen LogP contribution is -2.17. The zero-order chi connectivity index (χ0) is 16.9. The van der Waals surface area contributed by atoms with E-state index in [-0.39, 0.29) is 12.2 Å². The van der Waals surface area contributed by atoms with Crippen molar-refractivity contribution in [1.29, 1.82) is 5.26 Å². The van der Waals surface area contributed by atoms with Crippen LogP contribution < -0.4 is 15.4 Å². The van der Waals surface area contributed by atoms with Gasteiger partial charge in [-0.1, -0.05) is 0 Å². The molecule has 0 aromatic heterocycles. The summed E-state index contributed by atoms with van der Waals surface area (Å²) in [5.41, 5.74) is 0.614. The van der Waals surface area contributed by atoms with E-state index in [2.05, 4.69) is 10.6 Å². The third-order valence-corrected chi connectivity index (χ3v) is 3.01. The molecule has 6 heteroatoms. The van der Waals surface area contributed by atoms with Crippen LogP contribution in [0.25, 0.3) is 0 Å². The molecule has 1 aromatic carbocycles. The number of nitriles is 1. The van der Waals surface area contributed by atoms with E-state index in [9.17, 15) is 4.79 Å². The number of hydrogen-bond donors (Lipinski definition) is 3. The van der Waals surface area contributed by atoms with Gasteiger partial charge in [-0.25, -0.2) is 0 Å². The number of carbonyl (C=O) groups excluding carboxylic acids is 1. The van der Waals surface area contributed by atoms with E-state index in [0.717, 1.165) is 25.0 Å². The zero-order valence-electron chi connectivity index (χ0n) is 13.3. The van der Waals surface area contributed by atoms with Gasteiger partial charge in [0, 0.05) is 25.0 Å². The first-order valence-electron chi connectivity index (χ1n) is 7.70. The lowest BCUT2D eigenvalue weighted by atomic mass is 10.2. The Bertz CT molecular complexity index is 547. The number of rotatable bonds is 10. The van der Waals surface area contributed by atoms with Crippen LogP contribution in [0, 0.1) is 11.3 Å². The zero-order valence-corrected chi connectivity index (χ0v) is 13.3. The molecule has 0 heterocycles. The normalized spacial score (nSPS) is 10.7. The minimum atomic E-state index is -0.459. The summed E-state index contributed by atoms with van der Waals surface area (Å²) in [4.78, 5) is 12.0. The molecule has 0 saturated heterocycles. The van der Waals surface area contributed by atoms with Crippen LogP contribution >= 0.6 is 0 Å². The van der Waals surface area contributed by atoms with E-state index in [1.807, 2.05) is 13.0 Å². The molecule has 0 spiro atoms. The number of carbonyl (C=O) groups is 1. The summed E-state index contributed by atoms with van der Waals surface area (Å²) in [5.74, 6) is 0.269. The van der Waals surface area contributed by atoms with Crippen molar-refractivity contribution in [3.05, 3.63) is 36.0 Å². The largest absolute Gasteiger partial charge is 0.494 e. The Hall–Kier alpha value is -2.52. The van der Waals surface area contributed by atoms with Gasteiger partial charge in [-0.3, -0.25) is 4.79 Å². The topological polar surface area (TPSA) is 94.4 Å². The molecule has 6 nitrogen and oxygen atoms in total. The Morgan fingerprint density at radius 3 is 2.65 bits per heavy atom. The number of nitrogens with zero attached hydrogens (tertiary/aromatic N) is 1. The number of ether oxygens (including phenoxy) is 1. The molecule has 0 aliphatic heterocycles. The molecule has 0 aliphatic carbocycles. The minimum absolute atomic E-state index is 0.0149. The highest BCUT2D eigenvalue weighted by Gasteiger charge is 2.09. The number of aliphatic hydroxyl groups is 1. The molecule has 0 radical (unpaired) electrons. The van der Waals surface area contributed by atoms with Gasteiger partial charge in [-0.05, 0) is 50.5 Å². The van der Waals surface area contributed by atoms with Crippen molar-refractivity contribution in [3.63, 3.8) is 0 Å². The second kappa shape index (κ2) is 11.1. The fourth-order valence-electron chi connectivity index (χ4n) is 1.84. The lowest BCUT2D eigenvalue weighted by Gasteiger charge is -2.07. The quantitative estimate of drug-likeness (QED) is 0.349. The van der Waals surface area contributed by atoms with Crippen LogP contribution in [0.1, 0.15) is 26.2 Å². The number of benzene rings is 1. The van der Waals surface area contributed by atoms with Crippen molar-refractivity contribution in [1.82, 2.24) is 5.32 Å². The molecule has 0 atom stereocenters. The van der Waals surface area contributed by atoms with Gasteiger partial charge in [0.25, 0.3) is 5.91 Å². The molecular weight excluding hydrogens is 294 g/mol. The predicted octanol–water partition coefficient (Wildman–Crippen LogP) is 2.18. The Balaban J connectivity index is 2.48. The number of amides is 1. The summed E-state index contributed by atoms with van der Waals surface area (Å²) in [6.07, 6.45) is 3.95. The maximum absolute atomic E-state index is 12.0. The second-order valence-corrected chi connectivity index (χ2v) is 4.82. The number of aliphatic hydroxyl groups excluding tert-OH is 1. The summed E-state index contributed by atoms with van der Waals surface area (Å²) in [7, 11) is 0. The summed E-state index contributed by atoms with van der Waals surface area (Å²) in [6.45, 7) is 3.32. The molecular formula is C17H23N3O3. The molecule has 1 rings (SSSR count). The van der Waals surface area contributed by atoms with E-state index < -0.39 is 5.91 Å². The van der Waals surface area contributed by atoms with Gasteiger partial charge in [-0.15, -0.1) is 0 Å². The predicted molar refractivity (Wildman–Crippen MR) is 88.9 cm³/mol. The first-order chi connectivity index (χ1) is 11.2. The third-order valence-electron chi connectivity index (χ3n) is 3.01. The number of nitrogens with one attached hydrogen (secondary N) is 2. The summed E-state index contributed by atoms with van der Waals surface area (Å²) >= 11 is 0. The first-order valence-corrected chi connectivity index (χ1v) is 7.70. The smallest absolute Gasteiger partial charge is 0.267 e. The highest BCUT2D eigenvalue weighted by atomic mass is 16.5. The molecule has 0 aliphatic rings. The minimum Gasteiger partial charge on any atom is -0.494 e. The monoisotopic (exact) mass is 317 g/mol. The molecule has 0 saturated carbocycles. The Morgan fingerprint density at radius 2 is 2.04 bits per heavy atom. The Kier molecular flexibility index (Phi) is 8.94. The van der Waals surface area contributed by atoms with Gasteiger partial charge in [0.05, 0.1) is 6.61 Å². The lowest BCUT2D eigenvalue weighted by molar-refractivity contribution is -0.112. The second-order valence-electron chi connectivity index (χ2n) is 4.82. The number of unbranched alkanes of at least 4 members (excludes halogenated alkanes) is 2. The van der Waals surface area contributed by atoms with Crippen LogP contribution in [0.3, 0.4) is 0 Å². The van der Waals surface area contributed by atoms with Crippen LogP contribution in [0.5, 0.6) is 5.75 Å². The molecule has 124 valence electrons. The van der Waals surface area contributed by atoms with Gasteiger partial charge in [0.1, 0.15) is 17.4 Å². The van der Waals surface area contributed by atoms with E-state index in [1.54, 1.807) is 24.3 Å². The molecule has 1 aromatic rings. The van der Waals surface area contributed by atoms with E-state index in [0.29, 0.717) is 18.8 Å². The Labute approximate surface area is 136 Å². The van der Waals surface area contributed by atoms with Crippen LogP contribution in [0.15, 0.2) is 36.0 Å². The van der Waals surface area contributed by atoms with Gasteiger partial charge in [0.2, 0.25) is 0 Å². The molecule has 23 heavy (non-hydrogen) atoms. The van der Waals surface area contributed by atoms with Gasteiger partial charge in [0.15, 0.2) is 0 Å². The van der Waals surface area contributed by atoms with Crippen molar-refractivity contribution >= 4 is 11.6 Å². The van der Waals surface area contributed by atoms with E-state index in [4.69, 9.17) is 15.1 Å². The molecule has 0 bridgehead atoms. The highest BCUT2D eigenvalue weighted by Crippen LogP contribution is 2.16. The van der Waals surface area contributed by atoms with Crippen LogP contribution in [-0.4, -0.2) is 30.8 Å². The highest BCUT2D eigenvalue weighted by molar-refractivity contribution is 6.06. The van der Waals surface area contributed by atoms with Crippen LogP contribution in [0.2, 0.25) is 0 Å². The van der Waals surface area contributed by atoms with Crippen molar-refractivity contribution in [2.45, 2.75) is 26.2 Å². The average molecular weight is 317 g/mol. The Morgan fingerprint density at radius 1 is 1.30 bits per heavy atom. The average Bonchev–Trinajstić information content (AvgIpc) is 2.56. The fraction of sp³-hybridized carbons (Fsp3) is 0.412. The SMILES string of the molecule is CCOc1ccc(NC(=O)/C(C#N)=C\NCCCCCO)cc1. The molecule has 0 unspecified atom stereocenters. The standard InChI is InChI=1S/C17H23N3O3/c1-2-23-16-8-6-15(7-9-16)20-17(22)14(12-18)13-19-10-4-3-5-11-21/h6-9,13,19,21H,2-5,10-11H2,1H3,(H,20,22)/b14-13-. The van der Waals surface area contributed by atoms with Gasteiger partial charge in [-0.2, -0.15) is 5.26 Å². The summed E-state index contributed by atoms with van der Waals surface area (Å²) in [6, 6.07) is 8.84. The molecule has 3 N–H and O–H groups in total. The number of hydrogen-bond acceptors (Lipinski definition) is 5. The number of anilines is 1. The summed E-state index contributed by atoms with van der Waals surface area (Å²) in [5, 5.41) is 23.3. The van der Waals surface area contributed by atoms with E-state index >= 15 is 0 Å². The van der Waals surface area contributed by atoms with Gasteiger partial charge < -0.3 is 20.5 Å². The van der Waals surface area contributed by atoms with Crippen LogP contribution in [0.4, 0.5) is 5.69 Å². The van der Waals surface area contributed by atoms with Crippen molar-refractivity contribution in [2.24, 2.45) is 0 Å². The maximum Gasteiger partial charge on any atom is 0.267 e. The third kappa shape index (κ3) is 7.34. The van der Waals surface area contributed by atoms with Gasteiger partial charge >= 0.3 is 0 Å². The maximum atomic E-state index is 12.0. The van der Waals surface area contributed by atoms with Crippen LogP contribution in [-0.2, 0) is 4.79 Å². The molecule has 0 fully saturated rings. The fourth-order valence-corrected chi connectivity index (χ4v) is 1.84. The van der Waals surface area contributed by atoms with Crippen molar-refractivity contribution < 1.29 is 14.6 Å².